The van der Waals surface area contributed by atoms with E-state index < -0.39 is 0 Å². The number of imidazole rings is 1. The zero-order valence-electron chi connectivity index (χ0n) is 35.9. The molecule has 13 rings (SSSR count). The maximum atomic E-state index is 6.87. The molecule has 308 valence electrons. The summed E-state index contributed by atoms with van der Waals surface area (Å²) in [5.41, 5.74) is 17.4. The summed E-state index contributed by atoms with van der Waals surface area (Å²) in [4.78, 5) is 5.15. The SMILES string of the molecule is c1ccc(-n2c(-c3ccc(-c4cc(-c5ccc(-c6cccc7ccccc67)cc5)cc5c4oc4ccc(-c6ccc(-c7cccc8ccccc78)cc6)cc45)cc3)nc3ccccc32)cc1. The molecule has 0 spiro atoms. The first-order valence-electron chi connectivity index (χ1n) is 22.5. The Labute approximate surface area is 382 Å². The number of para-hydroxylation sites is 3. The maximum Gasteiger partial charge on any atom is 0.145 e. The third-order valence-corrected chi connectivity index (χ3v) is 13.2. The number of hydrogen-bond acceptors (Lipinski definition) is 2. The van der Waals surface area contributed by atoms with Crippen LogP contribution < -0.4 is 0 Å². The Bertz CT molecular complexity index is 3940. The van der Waals surface area contributed by atoms with Crippen molar-refractivity contribution < 1.29 is 4.42 Å². The number of hydrogen-bond donors (Lipinski definition) is 0. The topological polar surface area (TPSA) is 31.0 Å². The summed E-state index contributed by atoms with van der Waals surface area (Å²) in [6.45, 7) is 0. The highest BCUT2D eigenvalue weighted by Crippen LogP contribution is 2.42. The molecule has 0 N–H and O–H groups in total. The minimum absolute atomic E-state index is 0.860. The van der Waals surface area contributed by atoms with Gasteiger partial charge in [-0.1, -0.05) is 194 Å². The fraction of sp³-hybridized carbons (Fsp3) is 0. The third-order valence-electron chi connectivity index (χ3n) is 13.2. The molecule has 13 aromatic rings. The van der Waals surface area contributed by atoms with Crippen molar-refractivity contribution in [1.29, 1.82) is 0 Å². The van der Waals surface area contributed by atoms with Crippen molar-refractivity contribution in [2.45, 2.75) is 0 Å². The first-order valence-corrected chi connectivity index (χ1v) is 22.5. The van der Waals surface area contributed by atoms with Gasteiger partial charge in [-0.15, -0.1) is 0 Å². The zero-order valence-corrected chi connectivity index (χ0v) is 35.9. The van der Waals surface area contributed by atoms with E-state index in [1.807, 2.05) is 6.07 Å². The number of fused-ring (bicyclic) bond motifs is 6. The van der Waals surface area contributed by atoms with E-state index in [1.165, 1.54) is 43.8 Å². The summed E-state index contributed by atoms with van der Waals surface area (Å²) in [5, 5.41) is 7.17. The molecule has 0 aliphatic rings. The van der Waals surface area contributed by atoms with Crippen LogP contribution in [-0.4, -0.2) is 9.55 Å². The number of nitrogens with zero attached hydrogens (tertiary/aromatic N) is 2. The van der Waals surface area contributed by atoms with Gasteiger partial charge in [-0.25, -0.2) is 4.98 Å². The van der Waals surface area contributed by atoms with Gasteiger partial charge in [-0.2, -0.15) is 0 Å². The normalized spacial score (nSPS) is 11.6. The molecule has 0 bridgehead atoms. The van der Waals surface area contributed by atoms with Crippen molar-refractivity contribution in [3.8, 4) is 72.7 Å². The molecule has 0 unspecified atom stereocenters. The van der Waals surface area contributed by atoms with Crippen molar-refractivity contribution in [1.82, 2.24) is 9.55 Å². The van der Waals surface area contributed by atoms with E-state index in [4.69, 9.17) is 9.40 Å². The lowest BCUT2D eigenvalue weighted by Crippen LogP contribution is -1.97. The molecule has 3 heteroatoms. The lowest BCUT2D eigenvalue weighted by molar-refractivity contribution is 0.670. The van der Waals surface area contributed by atoms with Gasteiger partial charge in [-0.3, -0.25) is 4.57 Å². The first-order chi connectivity index (χ1) is 32.7. The van der Waals surface area contributed by atoms with Crippen molar-refractivity contribution in [2.24, 2.45) is 0 Å². The largest absolute Gasteiger partial charge is 0.455 e. The fourth-order valence-corrected chi connectivity index (χ4v) is 9.93. The Kier molecular flexibility index (Phi) is 8.85. The molecule has 0 saturated carbocycles. The van der Waals surface area contributed by atoms with Crippen LogP contribution in [0.3, 0.4) is 0 Å². The quantitative estimate of drug-likeness (QED) is 0.160. The molecular weight excluding hydrogens is 801 g/mol. The van der Waals surface area contributed by atoms with Crippen molar-refractivity contribution in [3.05, 3.63) is 243 Å². The molecule has 3 nitrogen and oxygen atoms in total. The van der Waals surface area contributed by atoms with Crippen LogP contribution in [-0.2, 0) is 0 Å². The summed E-state index contributed by atoms with van der Waals surface area (Å²) in [5.74, 6) is 0.903. The molecular formula is C63H40N2O. The summed E-state index contributed by atoms with van der Waals surface area (Å²) in [7, 11) is 0. The van der Waals surface area contributed by atoms with Crippen LogP contribution in [0.2, 0.25) is 0 Å². The standard InChI is InChI=1S/C63H40N2O/c1-2-16-51(17-3-1)65-60-23-9-8-22-59(60)64-63(65)48-34-32-47(33-35-48)56-39-50(42-26-30-46(31-27-42)55-21-11-15-44-13-5-7-19-53(44)55)40-58-57-38-49(36-37-61(57)66-62(56)58)41-24-28-45(29-25-41)54-20-10-14-43-12-4-6-18-52(43)54/h1-40H. The average Bonchev–Trinajstić information content (AvgIpc) is 3.97. The Morgan fingerprint density at radius 3 is 1.48 bits per heavy atom. The Morgan fingerprint density at radius 1 is 0.318 bits per heavy atom. The number of benzene rings is 11. The summed E-state index contributed by atoms with van der Waals surface area (Å²) < 4.78 is 9.12. The highest BCUT2D eigenvalue weighted by atomic mass is 16.3. The highest BCUT2D eigenvalue weighted by molar-refractivity contribution is 6.12. The average molecular weight is 841 g/mol. The van der Waals surface area contributed by atoms with Crippen LogP contribution in [0.25, 0.3) is 127 Å². The lowest BCUT2D eigenvalue weighted by Gasteiger charge is -2.12. The van der Waals surface area contributed by atoms with Crippen LogP contribution in [0.1, 0.15) is 0 Å². The van der Waals surface area contributed by atoms with Gasteiger partial charge in [-0.05, 0) is 120 Å². The second kappa shape index (κ2) is 15.5. The van der Waals surface area contributed by atoms with Crippen LogP contribution in [0.4, 0.5) is 0 Å². The van der Waals surface area contributed by atoms with E-state index >= 15 is 0 Å². The van der Waals surface area contributed by atoms with Crippen molar-refractivity contribution in [2.75, 3.05) is 0 Å². The van der Waals surface area contributed by atoms with E-state index in [0.29, 0.717) is 0 Å². The number of furan rings is 1. The molecule has 0 atom stereocenters. The molecule has 0 aliphatic heterocycles. The van der Waals surface area contributed by atoms with Crippen molar-refractivity contribution >= 4 is 54.5 Å². The smallest absolute Gasteiger partial charge is 0.145 e. The zero-order chi connectivity index (χ0) is 43.6. The minimum Gasteiger partial charge on any atom is -0.455 e. The van der Waals surface area contributed by atoms with Crippen LogP contribution >= 0.6 is 0 Å². The van der Waals surface area contributed by atoms with Gasteiger partial charge in [0.2, 0.25) is 0 Å². The summed E-state index contributed by atoms with van der Waals surface area (Å²) in [6, 6.07) is 87.0. The molecule has 2 heterocycles. The van der Waals surface area contributed by atoms with Gasteiger partial charge in [0.1, 0.15) is 17.0 Å². The Morgan fingerprint density at radius 2 is 0.818 bits per heavy atom. The van der Waals surface area contributed by atoms with Crippen molar-refractivity contribution in [3.63, 3.8) is 0 Å². The fourth-order valence-electron chi connectivity index (χ4n) is 9.93. The molecule has 2 aromatic heterocycles. The van der Waals surface area contributed by atoms with Gasteiger partial charge in [0, 0.05) is 27.6 Å². The van der Waals surface area contributed by atoms with E-state index in [-0.39, 0.29) is 0 Å². The molecule has 0 amide bonds. The third kappa shape index (κ3) is 6.40. The Balaban J connectivity index is 0.936. The monoisotopic (exact) mass is 840 g/mol. The second-order valence-electron chi connectivity index (χ2n) is 17.1. The van der Waals surface area contributed by atoms with E-state index in [2.05, 4.69) is 241 Å². The summed E-state index contributed by atoms with van der Waals surface area (Å²) >= 11 is 0. The number of rotatable bonds is 7. The van der Waals surface area contributed by atoms with Gasteiger partial charge in [0.25, 0.3) is 0 Å². The van der Waals surface area contributed by atoms with E-state index in [0.717, 1.165) is 83.4 Å². The molecule has 0 radical (unpaired) electrons. The molecule has 0 saturated heterocycles. The molecule has 0 fully saturated rings. The predicted octanol–water partition coefficient (Wildman–Crippen LogP) is 17.2. The molecule has 66 heavy (non-hydrogen) atoms. The van der Waals surface area contributed by atoms with Crippen LogP contribution in [0, 0.1) is 0 Å². The minimum atomic E-state index is 0.860. The first kappa shape index (κ1) is 37.7. The van der Waals surface area contributed by atoms with Gasteiger partial charge in [0.15, 0.2) is 0 Å². The van der Waals surface area contributed by atoms with E-state index in [1.54, 1.807) is 0 Å². The molecule has 0 aliphatic carbocycles. The highest BCUT2D eigenvalue weighted by Gasteiger charge is 2.19. The Hall–Kier alpha value is -8.79. The second-order valence-corrected chi connectivity index (χ2v) is 17.1. The predicted molar refractivity (Wildman–Crippen MR) is 276 cm³/mol. The number of aromatic nitrogens is 2. The lowest BCUT2D eigenvalue weighted by atomic mass is 9.93. The van der Waals surface area contributed by atoms with Crippen LogP contribution in [0.15, 0.2) is 247 Å². The van der Waals surface area contributed by atoms with Gasteiger partial charge < -0.3 is 4.42 Å². The molecule has 11 aromatic carbocycles. The van der Waals surface area contributed by atoms with Gasteiger partial charge in [0.05, 0.1) is 11.0 Å². The maximum absolute atomic E-state index is 6.87. The summed E-state index contributed by atoms with van der Waals surface area (Å²) in [6.07, 6.45) is 0. The van der Waals surface area contributed by atoms with E-state index in [9.17, 15) is 0 Å². The van der Waals surface area contributed by atoms with Gasteiger partial charge >= 0.3 is 0 Å². The van der Waals surface area contributed by atoms with Crippen LogP contribution in [0.5, 0.6) is 0 Å².